The van der Waals surface area contributed by atoms with Crippen LogP contribution in [-0.4, -0.2) is 193 Å². The van der Waals surface area contributed by atoms with E-state index in [1.54, 1.807) is 6.08 Å². The van der Waals surface area contributed by atoms with Crippen LogP contribution in [-0.2, 0) is 33.2 Å². The van der Waals surface area contributed by atoms with E-state index in [9.17, 15) is 61.0 Å². The minimum atomic E-state index is -1.98. The standard InChI is InChI=1S/C65H119NO18/c1-3-5-7-9-11-13-15-17-19-20-21-22-23-24-25-26-27-29-31-33-35-37-39-41-43-53(71)66-48(49(70)42-40-38-36-34-32-30-28-18-16-14-12-10-8-6-4-2)47-79-63-59(77)56(74)61(51(45-68)81-63)84-65-60(78)57(75)62(52(46-69)82-65)83-64-58(76)55(73)54(72)50(44-67)80-64/h16,18,32,34,40,42,48-52,54-65,67-70,72-78H,3-15,17,19-31,33,35-39,41,43-47H2,1-2H3,(H,66,71)/b18-16+,34-32+,42-40+. The Morgan fingerprint density at radius 1 is 0.417 bits per heavy atom. The van der Waals surface area contributed by atoms with Crippen molar-refractivity contribution in [1.82, 2.24) is 5.32 Å². The summed E-state index contributed by atoms with van der Waals surface area (Å²) in [5.41, 5.74) is 0. The zero-order valence-electron chi connectivity index (χ0n) is 51.6. The minimum Gasteiger partial charge on any atom is -0.394 e. The van der Waals surface area contributed by atoms with Crippen molar-refractivity contribution < 1.29 is 89.4 Å². The Labute approximate surface area is 504 Å². The highest BCUT2D eigenvalue weighted by Crippen LogP contribution is 2.33. The number of allylic oxidation sites excluding steroid dienone is 5. The molecule has 84 heavy (non-hydrogen) atoms. The monoisotopic (exact) mass is 1200 g/mol. The number of hydrogen-bond donors (Lipinski definition) is 12. The van der Waals surface area contributed by atoms with Gasteiger partial charge in [0.25, 0.3) is 0 Å². The number of hydrogen-bond acceptors (Lipinski definition) is 18. The number of unbranched alkanes of at least 4 members (excludes halogenated alkanes) is 30. The average molecular weight is 1200 g/mol. The van der Waals surface area contributed by atoms with E-state index in [-0.39, 0.29) is 18.9 Å². The van der Waals surface area contributed by atoms with E-state index >= 15 is 0 Å². The smallest absolute Gasteiger partial charge is 0.220 e. The molecule has 492 valence electrons. The van der Waals surface area contributed by atoms with Crippen molar-refractivity contribution in [2.45, 2.75) is 343 Å². The van der Waals surface area contributed by atoms with Crippen LogP contribution in [0, 0.1) is 0 Å². The van der Waals surface area contributed by atoms with Crippen LogP contribution in [0.5, 0.6) is 0 Å². The summed E-state index contributed by atoms with van der Waals surface area (Å²) in [6, 6.07) is -0.993. The van der Waals surface area contributed by atoms with Crippen molar-refractivity contribution in [3.05, 3.63) is 36.5 Å². The molecule has 0 spiro atoms. The SMILES string of the molecule is CCCCCCC/C=C/CC/C=C/CC/C=C/C(O)C(COC1OC(CO)C(OC2OC(CO)C(OC3OC(CO)C(O)C(O)C3O)C(O)C2O)C(O)C1O)NC(=O)CCCCCCCCCCCCCCCCCCCCCCCCCC. The lowest BCUT2D eigenvalue weighted by molar-refractivity contribution is -0.379. The Morgan fingerprint density at radius 3 is 1.19 bits per heavy atom. The van der Waals surface area contributed by atoms with E-state index in [1.807, 2.05) is 6.08 Å². The molecule has 0 radical (unpaired) electrons. The second-order valence-corrected chi connectivity index (χ2v) is 23.9. The summed E-state index contributed by atoms with van der Waals surface area (Å²) in [5.74, 6) is -0.287. The maximum absolute atomic E-state index is 13.4. The molecule has 0 aromatic heterocycles. The van der Waals surface area contributed by atoms with Crippen LogP contribution >= 0.6 is 0 Å². The first kappa shape index (κ1) is 76.3. The molecule has 17 atom stereocenters. The quantitative estimate of drug-likeness (QED) is 0.0205. The van der Waals surface area contributed by atoms with E-state index in [0.29, 0.717) is 12.8 Å². The molecule has 12 N–H and O–H groups in total. The van der Waals surface area contributed by atoms with Crippen LogP contribution in [0.2, 0.25) is 0 Å². The van der Waals surface area contributed by atoms with Crippen molar-refractivity contribution >= 4 is 5.91 Å². The number of amides is 1. The Bertz CT molecular complexity index is 1670. The predicted molar refractivity (Wildman–Crippen MR) is 323 cm³/mol. The van der Waals surface area contributed by atoms with Gasteiger partial charge in [-0.3, -0.25) is 4.79 Å². The molecule has 19 heteroatoms. The maximum Gasteiger partial charge on any atom is 0.220 e. The Hall–Kier alpha value is -1.99. The first-order valence-corrected chi connectivity index (χ1v) is 33.2. The van der Waals surface area contributed by atoms with E-state index in [2.05, 4.69) is 43.5 Å². The summed E-state index contributed by atoms with van der Waals surface area (Å²) >= 11 is 0. The predicted octanol–water partition coefficient (Wildman–Crippen LogP) is 7.66. The molecule has 19 nitrogen and oxygen atoms in total. The van der Waals surface area contributed by atoms with E-state index in [0.717, 1.165) is 44.9 Å². The normalized spacial score (nSPS) is 29.4. The number of carbonyl (C=O) groups is 1. The van der Waals surface area contributed by atoms with Crippen molar-refractivity contribution in [2.75, 3.05) is 26.4 Å². The summed E-state index contributed by atoms with van der Waals surface area (Å²) in [6.45, 7) is 1.70. The zero-order valence-corrected chi connectivity index (χ0v) is 51.6. The lowest BCUT2D eigenvalue weighted by atomic mass is 9.96. The van der Waals surface area contributed by atoms with Gasteiger partial charge < -0.3 is 89.9 Å². The molecule has 0 aromatic rings. The number of rotatable bonds is 50. The number of ether oxygens (including phenoxy) is 6. The summed E-state index contributed by atoms with van der Waals surface area (Å²) in [7, 11) is 0. The molecule has 3 aliphatic rings. The van der Waals surface area contributed by atoms with Gasteiger partial charge in [-0.1, -0.05) is 224 Å². The van der Waals surface area contributed by atoms with Crippen molar-refractivity contribution in [3.63, 3.8) is 0 Å². The van der Waals surface area contributed by atoms with Gasteiger partial charge in [-0.2, -0.15) is 0 Å². The Balaban J connectivity index is 1.45. The van der Waals surface area contributed by atoms with Gasteiger partial charge in [-0.25, -0.2) is 0 Å². The molecule has 0 aliphatic carbocycles. The number of carbonyl (C=O) groups excluding carboxylic acids is 1. The lowest BCUT2D eigenvalue weighted by Gasteiger charge is -2.48. The van der Waals surface area contributed by atoms with Crippen LogP contribution in [0.1, 0.15) is 239 Å². The largest absolute Gasteiger partial charge is 0.394 e. The first-order chi connectivity index (χ1) is 40.8. The van der Waals surface area contributed by atoms with Gasteiger partial charge in [0.1, 0.15) is 73.2 Å². The molecule has 1 amide bonds. The fourth-order valence-corrected chi connectivity index (χ4v) is 11.2. The molecule has 17 unspecified atom stereocenters. The highest BCUT2D eigenvalue weighted by Gasteiger charge is 2.53. The van der Waals surface area contributed by atoms with Gasteiger partial charge in [-0.05, 0) is 44.9 Å². The third-order valence-corrected chi connectivity index (χ3v) is 16.7. The molecular formula is C65H119NO18. The summed E-state index contributed by atoms with van der Waals surface area (Å²) < 4.78 is 34.3. The van der Waals surface area contributed by atoms with E-state index < -0.39 is 124 Å². The van der Waals surface area contributed by atoms with Gasteiger partial charge >= 0.3 is 0 Å². The average Bonchev–Trinajstić information content (AvgIpc) is 2.99. The second-order valence-electron chi connectivity index (χ2n) is 23.9. The third kappa shape index (κ3) is 30.5. The number of nitrogens with one attached hydrogen (secondary N) is 1. The van der Waals surface area contributed by atoms with Crippen LogP contribution in [0.4, 0.5) is 0 Å². The molecule has 3 heterocycles. The van der Waals surface area contributed by atoms with Crippen molar-refractivity contribution in [1.29, 1.82) is 0 Å². The zero-order chi connectivity index (χ0) is 61.2. The first-order valence-electron chi connectivity index (χ1n) is 33.2. The highest BCUT2D eigenvalue weighted by atomic mass is 16.8. The molecule has 3 rings (SSSR count). The van der Waals surface area contributed by atoms with Gasteiger partial charge in [0.2, 0.25) is 5.91 Å². The maximum atomic E-state index is 13.4. The summed E-state index contributed by atoms with van der Waals surface area (Å²) in [5, 5.41) is 120. The molecule has 3 fully saturated rings. The van der Waals surface area contributed by atoms with Crippen molar-refractivity contribution in [3.8, 4) is 0 Å². The summed E-state index contributed by atoms with van der Waals surface area (Å²) in [6.07, 6.45) is 27.0. The van der Waals surface area contributed by atoms with Crippen LogP contribution < -0.4 is 5.32 Å². The fraction of sp³-hybridized carbons (Fsp3) is 0.892. The van der Waals surface area contributed by atoms with Crippen LogP contribution in [0.15, 0.2) is 36.5 Å². The lowest BCUT2D eigenvalue weighted by Crippen LogP contribution is -2.66. The number of aliphatic hydroxyl groups excluding tert-OH is 11. The third-order valence-electron chi connectivity index (χ3n) is 16.7. The molecule has 0 aromatic carbocycles. The van der Waals surface area contributed by atoms with Crippen LogP contribution in [0.3, 0.4) is 0 Å². The van der Waals surface area contributed by atoms with Crippen LogP contribution in [0.25, 0.3) is 0 Å². The fourth-order valence-electron chi connectivity index (χ4n) is 11.2. The van der Waals surface area contributed by atoms with E-state index in [4.69, 9.17) is 28.4 Å². The topological polar surface area (TPSA) is 307 Å². The number of aliphatic hydroxyl groups is 11. The van der Waals surface area contributed by atoms with Gasteiger partial charge in [0.15, 0.2) is 18.9 Å². The molecular weight excluding hydrogens is 1080 g/mol. The Morgan fingerprint density at radius 2 is 0.762 bits per heavy atom. The van der Waals surface area contributed by atoms with Crippen molar-refractivity contribution in [2.24, 2.45) is 0 Å². The Kier molecular flexibility index (Phi) is 43.5. The van der Waals surface area contributed by atoms with Gasteiger partial charge in [0, 0.05) is 6.42 Å². The molecule has 0 bridgehead atoms. The van der Waals surface area contributed by atoms with E-state index in [1.165, 1.54) is 161 Å². The van der Waals surface area contributed by atoms with Gasteiger partial charge in [-0.15, -0.1) is 0 Å². The second kappa shape index (κ2) is 47.9. The molecule has 3 saturated heterocycles. The molecule has 0 saturated carbocycles. The summed E-state index contributed by atoms with van der Waals surface area (Å²) in [4.78, 5) is 13.4. The molecule has 3 aliphatic heterocycles. The minimum absolute atomic E-state index is 0.236. The van der Waals surface area contributed by atoms with Gasteiger partial charge in [0.05, 0.1) is 38.6 Å². The highest BCUT2D eigenvalue weighted by molar-refractivity contribution is 5.76.